The maximum atomic E-state index is 13.7. The summed E-state index contributed by atoms with van der Waals surface area (Å²) in [4.78, 5) is 4.90. The van der Waals surface area contributed by atoms with E-state index in [1.54, 1.807) is 16.8 Å². The van der Waals surface area contributed by atoms with E-state index in [4.69, 9.17) is 12.2 Å². The summed E-state index contributed by atoms with van der Waals surface area (Å²) in [5, 5.41) is 4.59. The van der Waals surface area contributed by atoms with Gasteiger partial charge in [0.05, 0.1) is 12.2 Å². The molecule has 1 fully saturated rings. The van der Waals surface area contributed by atoms with Gasteiger partial charge in [-0.25, -0.2) is 13.5 Å². The highest BCUT2D eigenvalue weighted by atomic mass is 32.1. The number of aromatic nitrogens is 2. The van der Waals surface area contributed by atoms with Crippen LogP contribution < -0.4 is 0 Å². The van der Waals surface area contributed by atoms with E-state index in [9.17, 15) is 8.78 Å². The maximum absolute atomic E-state index is 13.7. The van der Waals surface area contributed by atoms with Gasteiger partial charge in [-0.05, 0) is 61.8 Å². The van der Waals surface area contributed by atoms with Gasteiger partial charge in [-0.15, -0.1) is 0 Å². The molecule has 0 radical (unpaired) electrons. The van der Waals surface area contributed by atoms with E-state index in [1.165, 1.54) is 17.7 Å². The normalized spacial score (nSPS) is 15.2. The average molecular weight is 455 g/mol. The van der Waals surface area contributed by atoms with Crippen LogP contribution in [0.2, 0.25) is 0 Å². The van der Waals surface area contributed by atoms with E-state index in [0.717, 1.165) is 57.2 Å². The van der Waals surface area contributed by atoms with Crippen LogP contribution in [-0.4, -0.2) is 59.4 Å². The Balaban J connectivity index is 1.48. The fraction of sp³-hybridized carbons (Fsp3) is 0.360. The largest absolute Gasteiger partial charge is 0.304 e. The van der Waals surface area contributed by atoms with Crippen LogP contribution in [0, 0.1) is 16.3 Å². The zero-order chi connectivity index (χ0) is 22.5. The Labute approximate surface area is 193 Å². The molecule has 0 aliphatic carbocycles. The fourth-order valence-corrected chi connectivity index (χ4v) is 4.27. The van der Waals surface area contributed by atoms with Crippen LogP contribution in [0.3, 0.4) is 0 Å². The molecule has 7 heteroatoms. The van der Waals surface area contributed by atoms with Crippen molar-refractivity contribution in [1.82, 2.24) is 19.6 Å². The molecule has 3 aromatic rings. The lowest BCUT2D eigenvalue weighted by molar-refractivity contribution is 0.153. The van der Waals surface area contributed by atoms with E-state index in [-0.39, 0.29) is 0 Å². The molecule has 168 valence electrons. The fourth-order valence-electron chi connectivity index (χ4n) is 4.10. The summed E-state index contributed by atoms with van der Waals surface area (Å²) in [5.74, 6) is -1.25. The van der Waals surface area contributed by atoms with E-state index in [1.807, 2.05) is 6.07 Å². The molecular formula is C25H28F2N4S. The molecule has 1 aliphatic heterocycles. The molecule has 0 spiro atoms. The molecular weight excluding hydrogens is 426 g/mol. The Morgan fingerprint density at radius 1 is 0.906 bits per heavy atom. The Morgan fingerprint density at radius 3 is 2.31 bits per heavy atom. The number of rotatable bonds is 7. The first kappa shape index (κ1) is 22.7. The van der Waals surface area contributed by atoms with Gasteiger partial charge in [0, 0.05) is 37.8 Å². The molecule has 2 heterocycles. The van der Waals surface area contributed by atoms with Crippen molar-refractivity contribution in [2.24, 2.45) is 0 Å². The molecule has 1 saturated heterocycles. The number of piperazine rings is 1. The lowest BCUT2D eigenvalue weighted by Crippen LogP contribution is -2.44. The summed E-state index contributed by atoms with van der Waals surface area (Å²) in [6, 6.07) is 15.2. The second-order valence-electron chi connectivity index (χ2n) is 8.39. The van der Waals surface area contributed by atoms with Crippen molar-refractivity contribution in [3.8, 4) is 11.3 Å². The van der Waals surface area contributed by atoms with Crippen LogP contribution in [0.4, 0.5) is 8.78 Å². The smallest absolute Gasteiger partial charge is 0.126 e. The predicted octanol–water partition coefficient (Wildman–Crippen LogP) is 4.79. The number of halogens is 2. The number of aryl methyl sites for hydroxylation is 1. The number of benzene rings is 2. The minimum Gasteiger partial charge on any atom is -0.304 e. The third kappa shape index (κ3) is 5.85. The Kier molecular flexibility index (Phi) is 7.40. The lowest BCUT2D eigenvalue weighted by atomic mass is 10.0. The molecule has 0 saturated carbocycles. The zero-order valence-electron chi connectivity index (χ0n) is 18.3. The molecule has 0 unspecified atom stereocenters. The molecule has 4 rings (SSSR count). The highest BCUT2D eigenvalue weighted by Gasteiger charge is 2.13. The SMILES string of the molecule is CN1CCN(CCCc2ccccc2Cn2nc(-c3cc(F)cc(F)c3)ccc2=S)CC1. The third-order valence-corrected chi connectivity index (χ3v) is 6.33. The van der Waals surface area contributed by atoms with Crippen molar-refractivity contribution in [1.29, 1.82) is 0 Å². The minimum atomic E-state index is -0.624. The van der Waals surface area contributed by atoms with Gasteiger partial charge in [0.1, 0.15) is 16.3 Å². The lowest BCUT2D eigenvalue weighted by Gasteiger charge is -2.32. The minimum absolute atomic E-state index is 0.395. The highest BCUT2D eigenvalue weighted by molar-refractivity contribution is 7.71. The van der Waals surface area contributed by atoms with Crippen molar-refractivity contribution in [2.75, 3.05) is 39.8 Å². The van der Waals surface area contributed by atoms with Crippen LogP contribution in [0.15, 0.2) is 54.6 Å². The van der Waals surface area contributed by atoms with Gasteiger partial charge in [0.15, 0.2) is 0 Å². The summed E-state index contributed by atoms with van der Waals surface area (Å²) in [6.07, 6.45) is 2.09. The van der Waals surface area contributed by atoms with Crippen LogP contribution in [0.5, 0.6) is 0 Å². The molecule has 1 aromatic heterocycles. The van der Waals surface area contributed by atoms with E-state index < -0.39 is 11.6 Å². The monoisotopic (exact) mass is 454 g/mol. The quantitative estimate of drug-likeness (QED) is 0.480. The number of hydrogen-bond donors (Lipinski definition) is 0. The highest BCUT2D eigenvalue weighted by Crippen LogP contribution is 2.20. The first-order valence-corrected chi connectivity index (χ1v) is 11.4. The Hall–Kier alpha value is -2.48. The van der Waals surface area contributed by atoms with Crippen LogP contribution >= 0.6 is 12.2 Å². The van der Waals surface area contributed by atoms with E-state index in [2.05, 4.69) is 40.1 Å². The van der Waals surface area contributed by atoms with Gasteiger partial charge in [-0.1, -0.05) is 36.5 Å². The van der Waals surface area contributed by atoms with Crippen LogP contribution in [0.1, 0.15) is 17.5 Å². The molecule has 0 bridgehead atoms. The van der Waals surface area contributed by atoms with Gasteiger partial charge in [-0.3, -0.25) is 0 Å². The van der Waals surface area contributed by atoms with Gasteiger partial charge in [-0.2, -0.15) is 5.10 Å². The predicted molar refractivity (Wildman–Crippen MR) is 126 cm³/mol. The standard InChI is InChI=1S/C25H28F2N4S/c1-29-11-13-30(14-12-29)10-4-7-19-5-2-3-6-20(19)18-31-25(32)9-8-24(28-31)21-15-22(26)17-23(27)16-21/h2-3,5-6,8-9,15-17H,4,7,10-14,18H2,1H3. The topological polar surface area (TPSA) is 24.3 Å². The molecule has 4 nitrogen and oxygen atoms in total. The summed E-state index contributed by atoms with van der Waals surface area (Å²) < 4.78 is 29.6. The zero-order valence-corrected chi connectivity index (χ0v) is 19.1. The molecule has 2 aromatic carbocycles. The maximum Gasteiger partial charge on any atom is 0.126 e. The van der Waals surface area contributed by atoms with Crippen molar-refractivity contribution < 1.29 is 8.78 Å². The van der Waals surface area contributed by atoms with Gasteiger partial charge < -0.3 is 9.80 Å². The number of hydrogen-bond acceptors (Lipinski definition) is 4. The Bertz CT molecular complexity index is 1100. The third-order valence-electron chi connectivity index (χ3n) is 5.98. The summed E-state index contributed by atoms with van der Waals surface area (Å²) in [7, 11) is 2.17. The van der Waals surface area contributed by atoms with Crippen molar-refractivity contribution in [3.05, 3.63) is 82.0 Å². The van der Waals surface area contributed by atoms with Crippen molar-refractivity contribution in [2.45, 2.75) is 19.4 Å². The summed E-state index contributed by atoms with van der Waals surface area (Å²) in [6.45, 7) is 6.14. The van der Waals surface area contributed by atoms with Gasteiger partial charge >= 0.3 is 0 Å². The Morgan fingerprint density at radius 2 is 1.59 bits per heavy atom. The molecule has 0 amide bonds. The number of likely N-dealkylation sites (N-methyl/N-ethyl adjacent to an activating group) is 1. The van der Waals surface area contributed by atoms with Crippen molar-refractivity contribution in [3.63, 3.8) is 0 Å². The second-order valence-corrected chi connectivity index (χ2v) is 8.81. The molecule has 0 atom stereocenters. The molecule has 32 heavy (non-hydrogen) atoms. The molecule has 0 N–H and O–H groups in total. The van der Waals surface area contributed by atoms with E-state index in [0.29, 0.717) is 22.4 Å². The first-order chi connectivity index (χ1) is 15.5. The van der Waals surface area contributed by atoms with Crippen LogP contribution in [-0.2, 0) is 13.0 Å². The first-order valence-electron chi connectivity index (χ1n) is 11.0. The second kappa shape index (κ2) is 10.4. The summed E-state index contributed by atoms with van der Waals surface area (Å²) >= 11 is 5.48. The van der Waals surface area contributed by atoms with Gasteiger partial charge in [0.2, 0.25) is 0 Å². The van der Waals surface area contributed by atoms with E-state index >= 15 is 0 Å². The summed E-state index contributed by atoms with van der Waals surface area (Å²) in [5.41, 5.74) is 3.33. The van der Waals surface area contributed by atoms with Gasteiger partial charge in [0.25, 0.3) is 0 Å². The van der Waals surface area contributed by atoms with Crippen LogP contribution in [0.25, 0.3) is 11.3 Å². The average Bonchev–Trinajstić information content (AvgIpc) is 2.77. The number of nitrogens with zero attached hydrogens (tertiary/aromatic N) is 4. The molecule has 1 aliphatic rings. The van der Waals surface area contributed by atoms with Crippen molar-refractivity contribution >= 4 is 12.2 Å².